The minimum absolute atomic E-state index is 0.00745. The lowest BCUT2D eigenvalue weighted by molar-refractivity contribution is 0.0752. The molecule has 7 heteroatoms. The highest BCUT2D eigenvalue weighted by molar-refractivity contribution is 7.08. The quantitative estimate of drug-likeness (QED) is 0.638. The topological polar surface area (TPSA) is 49.3 Å². The second-order valence-corrected chi connectivity index (χ2v) is 8.22. The molecule has 0 atom stereocenters. The number of amides is 1. The number of benzene rings is 2. The molecule has 1 amide bonds. The van der Waals surface area contributed by atoms with Crippen LogP contribution >= 0.6 is 23.1 Å². The Bertz CT molecular complexity index is 994. The van der Waals surface area contributed by atoms with Crippen LogP contribution in [0.1, 0.15) is 20.8 Å². The van der Waals surface area contributed by atoms with Gasteiger partial charge in [0.1, 0.15) is 10.6 Å². The lowest BCUT2D eigenvalue weighted by Gasteiger charge is -2.36. The second-order valence-electron chi connectivity index (χ2n) is 7.03. The number of carbonyl (C=O) groups is 1. The number of nitrogens with zero attached hydrogens (tertiary/aromatic N) is 4. The third kappa shape index (κ3) is 3.75. The van der Waals surface area contributed by atoms with E-state index in [0.29, 0.717) is 23.7 Å². The van der Waals surface area contributed by atoms with Crippen LogP contribution in [0, 0.1) is 13.8 Å². The van der Waals surface area contributed by atoms with E-state index in [-0.39, 0.29) is 5.91 Å². The third-order valence-electron chi connectivity index (χ3n) is 5.09. The Morgan fingerprint density at radius 2 is 1.75 bits per heavy atom. The van der Waals surface area contributed by atoms with Crippen LogP contribution in [0.2, 0.25) is 5.02 Å². The van der Waals surface area contributed by atoms with Crippen LogP contribution in [0.15, 0.2) is 42.5 Å². The smallest absolute Gasteiger partial charge is 0.268 e. The molecule has 144 valence electrons. The summed E-state index contributed by atoms with van der Waals surface area (Å²) in [5, 5.41) is 4.95. The molecule has 0 spiro atoms. The molecule has 1 aliphatic heterocycles. The van der Waals surface area contributed by atoms with Crippen molar-refractivity contribution in [2.75, 3.05) is 31.1 Å². The minimum atomic E-state index is 0.00745. The number of rotatable bonds is 3. The molecule has 1 saturated heterocycles. The van der Waals surface area contributed by atoms with Crippen LogP contribution in [0.4, 0.5) is 5.69 Å². The number of hydrogen-bond donors (Lipinski definition) is 0. The maximum absolute atomic E-state index is 13.1. The van der Waals surface area contributed by atoms with Crippen LogP contribution in [0.25, 0.3) is 11.3 Å². The summed E-state index contributed by atoms with van der Waals surface area (Å²) >= 11 is 7.33. The normalized spacial score (nSPS) is 14.4. The van der Waals surface area contributed by atoms with Gasteiger partial charge in [0.15, 0.2) is 0 Å². The number of piperazine rings is 1. The van der Waals surface area contributed by atoms with E-state index in [9.17, 15) is 4.79 Å². The summed E-state index contributed by atoms with van der Waals surface area (Å²) in [4.78, 5) is 17.9. The fourth-order valence-electron chi connectivity index (χ4n) is 3.45. The average Bonchev–Trinajstić information content (AvgIpc) is 3.20. The molecule has 1 fully saturated rings. The van der Waals surface area contributed by atoms with Gasteiger partial charge in [-0.3, -0.25) is 4.79 Å². The van der Waals surface area contributed by atoms with Gasteiger partial charge < -0.3 is 9.80 Å². The van der Waals surface area contributed by atoms with Crippen molar-refractivity contribution in [3.05, 3.63) is 63.5 Å². The van der Waals surface area contributed by atoms with Gasteiger partial charge in [0.25, 0.3) is 5.91 Å². The standard InChI is InChI=1S/C21H21ClN4OS/c1-14-3-6-16(7-4-14)19-20(28-24-23-19)21(27)26-11-9-25(10-12-26)18-13-17(22)8-5-15(18)2/h3-8,13H,9-12H2,1-2H3. The first-order chi connectivity index (χ1) is 13.5. The lowest BCUT2D eigenvalue weighted by Crippen LogP contribution is -2.49. The minimum Gasteiger partial charge on any atom is -0.368 e. The molecule has 0 saturated carbocycles. The lowest BCUT2D eigenvalue weighted by atomic mass is 10.1. The summed E-state index contributed by atoms with van der Waals surface area (Å²) in [5.74, 6) is 0.00745. The van der Waals surface area contributed by atoms with Crippen molar-refractivity contribution in [3.8, 4) is 11.3 Å². The highest BCUT2D eigenvalue weighted by Gasteiger charge is 2.27. The Hall–Kier alpha value is -2.44. The van der Waals surface area contributed by atoms with E-state index in [2.05, 4.69) is 21.4 Å². The number of hydrogen-bond acceptors (Lipinski definition) is 5. The first kappa shape index (κ1) is 18.9. The molecule has 2 aromatic carbocycles. The van der Waals surface area contributed by atoms with Crippen LogP contribution in [0.3, 0.4) is 0 Å². The molecular formula is C21H21ClN4OS. The number of carbonyl (C=O) groups excluding carboxylic acids is 1. The number of aromatic nitrogens is 2. The van der Waals surface area contributed by atoms with E-state index in [1.54, 1.807) is 0 Å². The van der Waals surface area contributed by atoms with E-state index in [0.717, 1.165) is 29.4 Å². The Labute approximate surface area is 173 Å². The molecule has 0 aliphatic carbocycles. The summed E-state index contributed by atoms with van der Waals surface area (Å²) in [5.41, 5.74) is 5.10. The molecule has 2 heterocycles. The van der Waals surface area contributed by atoms with Gasteiger partial charge in [0, 0.05) is 42.5 Å². The van der Waals surface area contributed by atoms with Crippen molar-refractivity contribution in [1.29, 1.82) is 0 Å². The molecule has 5 nitrogen and oxygen atoms in total. The highest BCUT2D eigenvalue weighted by Crippen LogP contribution is 2.28. The molecule has 1 aromatic heterocycles. The van der Waals surface area contributed by atoms with E-state index in [4.69, 9.17) is 11.6 Å². The summed E-state index contributed by atoms with van der Waals surface area (Å²) in [7, 11) is 0. The number of aryl methyl sites for hydroxylation is 2. The summed E-state index contributed by atoms with van der Waals surface area (Å²) < 4.78 is 4.04. The van der Waals surface area contributed by atoms with E-state index in [1.807, 2.05) is 54.3 Å². The zero-order chi connectivity index (χ0) is 19.7. The SMILES string of the molecule is Cc1ccc(-c2nnsc2C(=O)N2CCN(c3cc(Cl)ccc3C)CC2)cc1. The summed E-state index contributed by atoms with van der Waals surface area (Å²) in [6.45, 7) is 7.00. The van der Waals surface area contributed by atoms with Crippen molar-refractivity contribution in [2.24, 2.45) is 0 Å². The van der Waals surface area contributed by atoms with Crippen LogP contribution in [-0.4, -0.2) is 46.6 Å². The van der Waals surface area contributed by atoms with Gasteiger partial charge in [-0.2, -0.15) is 0 Å². The van der Waals surface area contributed by atoms with Crippen molar-refractivity contribution in [3.63, 3.8) is 0 Å². The summed E-state index contributed by atoms with van der Waals surface area (Å²) in [6.07, 6.45) is 0. The van der Waals surface area contributed by atoms with Gasteiger partial charge in [-0.1, -0.05) is 52.0 Å². The molecule has 1 aliphatic rings. The van der Waals surface area contributed by atoms with E-state index < -0.39 is 0 Å². The number of halogens is 1. The van der Waals surface area contributed by atoms with Gasteiger partial charge in [0.2, 0.25) is 0 Å². The first-order valence-electron chi connectivity index (χ1n) is 9.22. The fraction of sp³-hybridized carbons (Fsp3) is 0.286. The third-order valence-corrected chi connectivity index (χ3v) is 6.03. The molecule has 4 rings (SSSR count). The first-order valence-corrected chi connectivity index (χ1v) is 10.4. The van der Waals surface area contributed by atoms with Gasteiger partial charge >= 0.3 is 0 Å². The second kappa shape index (κ2) is 7.89. The van der Waals surface area contributed by atoms with E-state index in [1.165, 1.54) is 22.7 Å². The Morgan fingerprint density at radius 3 is 2.46 bits per heavy atom. The molecule has 28 heavy (non-hydrogen) atoms. The van der Waals surface area contributed by atoms with Crippen LogP contribution in [0.5, 0.6) is 0 Å². The Balaban J connectivity index is 1.49. The molecule has 0 unspecified atom stereocenters. The molecule has 0 radical (unpaired) electrons. The van der Waals surface area contributed by atoms with Crippen molar-refractivity contribution in [1.82, 2.24) is 14.5 Å². The van der Waals surface area contributed by atoms with Gasteiger partial charge in [-0.25, -0.2) is 0 Å². The van der Waals surface area contributed by atoms with Crippen molar-refractivity contribution >= 4 is 34.7 Å². The molecule has 0 N–H and O–H groups in total. The molecule has 0 bridgehead atoms. The van der Waals surface area contributed by atoms with Crippen LogP contribution in [-0.2, 0) is 0 Å². The molecule has 3 aromatic rings. The Kier molecular flexibility index (Phi) is 5.33. The zero-order valence-corrected chi connectivity index (χ0v) is 17.4. The monoisotopic (exact) mass is 412 g/mol. The van der Waals surface area contributed by atoms with Gasteiger partial charge in [-0.15, -0.1) is 5.10 Å². The predicted molar refractivity (Wildman–Crippen MR) is 114 cm³/mol. The van der Waals surface area contributed by atoms with Gasteiger partial charge in [0.05, 0.1) is 0 Å². The van der Waals surface area contributed by atoms with E-state index >= 15 is 0 Å². The zero-order valence-electron chi connectivity index (χ0n) is 15.9. The van der Waals surface area contributed by atoms with Crippen molar-refractivity contribution < 1.29 is 4.79 Å². The van der Waals surface area contributed by atoms with Gasteiger partial charge in [-0.05, 0) is 43.1 Å². The fourth-order valence-corrected chi connectivity index (χ4v) is 4.27. The molecular weight excluding hydrogens is 392 g/mol. The predicted octanol–water partition coefficient (Wildman–Crippen LogP) is 4.44. The number of anilines is 1. The van der Waals surface area contributed by atoms with Crippen molar-refractivity contribution in [2.45, 2.75) is 13.8 Å². The highest BCUT2D eigenvalue weighted by atomic mass is 35.5. The Morgan fingerprint density at radius 1 is 1.04 bits per heavy atom. The average molecular weight is 413 g/mol. The van der Waals surface area contributed by atoms with Crippen LogP contribution < -0.4 is 4.90 Å². The maximum Gasteiger partial charge on any atom is 0.268 e. The maximum atomic E-state index is 13.1. The largest absolute Gasteiger partial charge is 0.368 e. The summed E-state index contributed by atoms with van der Waals surface area (Å²) in [6, 6.07) is 14.0.